The van der Waals surface area contributed by atoms with E-state index in [0.717, 1.165) is 51.9 Å². The van der Waals surface area contributed by atoms with E-state index in [0.29, 0.717) is 12.1 Å². The van der Waals surface area contributed by atoms with Gasteiger partial charge in [-0.05, 0) is 52.1 Å². The summed E-state index contributed by atoms with van der Waals surface area (Å²) in [5.74, 6) is 0. The van der Waals surface area contributed by atoms with E-state index in [-0.39, 0.29) is 5.54 Å². The second-order valence-electron chi connectivity index (χ2n) is 6.05. The smallest absolute Gasteiger partial charge is 0.108 e. The zero-order valence-corrected chi connectivity index (χ0v) is 12.3. The van der Waals surface area contributed by atoms with E-state index >= 15 is 0 Å². The molecule has 2 rings (SSSR count). The fourth-order valence-electron chi connectivity index (χ4n) is 3.40. The third-order valence-electron chi connectivity index (χ3n) is 4.71. The molecule has 4 heteroatoms. The van der Waals surface area contributed by atoms with E-state index in [1.54, 1.807) is 0 Å². The molecule has 2 aliphatic rings. The average molecular weight is 265 g/mol. The van der Waals surface area contributed by atoms with E-state index in [4.69, 9.17) is 4.74 Å². The van der Waals surface area contributed by atoms with Gasteiger partial charge in [-0.2, -0.15) is 5.26 Å². The predicted molar refractivity (Wildman–Crippen MR) is 75.9 cm³/mol. The van der Waals surface area contributed by atoms with Gasteiger partial charge in [-0.3, -0.25) is 10.2 Å². The second kappa shape index (κ2) is 6.69. The van der Waals surface area contributed by atoms with Crippen LogP contribution in [-0.2, 0) is 4.74 Å². The minimum atomic E-state index is -0.299. The lowest BCUT2D eigenvalue weighted by Crippen LogP contribution is -2.54. The molecule has 1 aliphatic carbocycles. The van der Waals surface area contributed by atoms with Crippen molar-refractivity contribution in [2.75, 3.05) is 26.8 Å². The van der Waals surface area contributed by atoms with Gasteiger partial charge in [0.15, 0.2) is 0 Å². The van der Waals surface area contributed by atoms with Crippen LogP contribution in [0.25, 0.3) is 0 Å². The maximum absolute atomic E-state index is 9.58. The van der Waals surface area contributed by atoms with Crippen LogP contribution in [0.1, 0.15) is 45.4 Å². The Hall–Kier alpha value is -0.630. The highest BCUT2D eigenvalue weighted by atomic mass is 16.5. The molecule has 19 heavy (non-hydrogen) atoms. The number of hydrogen-bond donors (Lipinski definition) is 1. The van der Waals surface area contributed by atoms with Crippen molar-refractivity contribution < 1.29 is 4.74 Å². The lowest BCUT2D eigenvalue weighted by molar-refractivity contribution is 0.0918. The first-order valence-electron chi connectivity index (χ1n) is 7.67. The highest BCUT2D eigenvalue weighted by Crippen LogP contribution is 2.32. The SMILES string of the molecule is CCCNC1(C#N)CCCC(N(C)C2CCOC2)C1. The van der Waals surface area contributed by atoms with Gasteiger partial charge in [0.2, 0.25) is 0 Å². The summed E-state index contributed by atoms with van der Waals surface area (Å²) < 4.78 is 5.49. The summed E-state index contributed by atoms with van der Waals surface area (Å²) in [6.45, 7) is 4.84. The number of hydrogen-bond acceptors (Lipinski definition) is 4. The van der Waals surface area contributed by atoms with Gasteiger partial charge in [0.1, 0.15) is 5.54 Å². The highest BCUT2D eigenvalue weighted by molar-refractivity contribution is 5.11. The van der Waals surface area contributed by atoms with Crippen molar-refractivity contribution in [1.82, 2.24) is 10.2 Å². The van der Waals surface area contributed by atoms with Gasteiger partial charge in [0, 0.05) is 18.7 Å². The zero-order chi connectivity index (χ0) is 13.7. The molecule has 108 valence electrons. The van der Waals surface area contributed by atoms with Crippen LogP contribution in [0.4, 0.5) is 0 Å². The molecule has 0 amide bonds. The average Bonchev–Trinajstić information content (AvgIpc) is 2.99. The number of nitriles is 1. The van der Waals surface area contributed by atoms with Gasteiger partial charge in [-0.15, -0.1) is 0 Å². The van der Waals surface area contributed by atoms with Crippen molar-refractivity contribution in [3.8, 4) is 6.07 Å². The molecule has 0 aromatic heterocycles. The number of nitrogens with one attached hydrogen (secondary N) is 1. The summed E-state index contributed by atoms with van der Waals surface area (Å²) in [5.41, 5.74) is -0.299. The van der Waals surface area contributed by atoms with E-state index in [1.807, 2.05) is 0 Å². The third-order valence-corrected chi connectivity index (χ3v) is 4.71. The zero-order valence-electron chi connectivity index (χ0n) is 12.3. The first-order valence-corrected chi connectivity index (χ1v) is 7.67. The van der Waals surface area contributed by atoms with Gasteiger partial charge in [0.05, 0.1) is 12.7 Å². The Balaban J connectivity index is 1.96. The maximum atomic E-state index is 9.58. The van der Waals surface area contributed by atoms with Crippen LogP contribution in [0.3, 0.4) is 0 Å². The molecule has 1 aliphatic heterocycles. The minimum Gasteiger partial charge on any atom is -0.380 e. The van der Waals surface area contributed by atoms with Crippen LogP contribution in [0.15, 0.2) is 0 Å². The minimum absolute atomic E-state index is 0.299. The largest absolute Gasteiger partial charge is 0.380 e. The first kappa shape index (κ1) is 14.8. The summed E-state index contributed by atoms with van der Waals surface area (Å²) in [5, 5.41) is 13.1. The maximum Gasteiger partial charge on any atom is 0.108 e. The van der Waals surface area contributed by atoms with E-state index in [2.05, 4.69) is 30.3 Å². The second-order valence-corrected chi connectivity index (χ2v) is 6.05. The quantitative estimate of drug-likeness (QED) is 0.825. The van der Waals surface area contributed by atoms with Gasteiger partial charge < -0.3 is 4.74 Å². The lowest BCUT2D eigenvalue weighted by atomic mass is 9.79. The Morgan fingerprint density at radius 1 is 1.42 bits per heavy atom. The number of rotatable bonds is 5. The molecular formula is C15H27N3O. The summed E-state index contributed by atoms with van der Waals surface area (Å²) in [7, 11) is 2.21. The molecular weight excluding hydrogens is 238 g/mol. The van der Waals surface area contributed by atoms with Crippen molar-refractivity contribution in [3.63, 3.8) is 0 Å². The van der Waals surface area contributed by atoms with E-state index < -0.39 is 0 Å². The Morgan fingerprint density at radius 3 is 2.89 bits per heavy atom. The summed E-state index contributed by atoms with van der Waals surface area (Å²) in [4.78, 5) is 2.46. The fourth-order valence-corrected chi connectivity index (χ4v) is 3.40. The summed E-state index contributed by atoms with van der Waals surface area (Å²) in [6, 6.07) is 3.62. The van der Waals surface area contributed by atoms with Crippen molar-refractivity contribution in [3.05, 3.63) is 0 Å². The van der Waals surface area contributed by atoms with Crippen molar-refractivity contribution in [1.29, 1.82) is 5.26 Å². The summed E-state index contributed by atoms with van der Waals surface area (Å²) in [6.07, 6.45) is 6.53. The molecule has 3 unspecified atom stereocenters. The predicted octanol–water partition coefficient (Wildman–Crippen LogP) is 1.91. The molecule has 0 aromatic carbocycles. The number of ether oxygens (including phenoxy) is 1. The molecule has 0 bridgehead atoms. The van der Waals surface area contributed by atoms with Crippen LogP contribution in [0.5, 0.6) is 0 Å². The van der Waals surface area contributed by atoms with Crippen LogP contribution >= 0.6 is 0 Å². The van der Waals surface area contributed by atoms with Crippen molar-refractivity contribution >= 4 is 0 Å². The molecule has 1 N–H and O–H groups in total. The monoisotopic (exact) mass is 265 g/mol. The Kier molecular flexibility index (Phi) is 5.20. The summed E-state index contributed by atoms with van der Waals surface area (Å²) >= 11 is 0. The Bertz CT molecular complexity index is 322. The first-order chi connectivity index (χ1) is 9.21. The van der Waals surface area contributed by atoms with Gasteiger partial charge in [-0.25, -0.2) is 0 Å². The fraction of sp³-hybridized carbons (Fsp3) is 0.933. The van der Waals surface area contributed by atoms with Gasteiger partial charge in [-0.1, -0.05) is 6.92 Å². The molecule has 1 heterocycles. The van der Waals surface area contributed by atoms with Crippen LogP contribution < -0.4 is 5.32 Å². The van der Waals surface area contributed by atoms with Crippen molar-refractivity contribution in [2.24, 2.45) is 0 Å². The molecule has 0 spiro atoms. The molecule has 2 fully saturated rings. The third kappa shape index (κ3) is 3.47. The highest BCUT2D eigenvalue weighted by Gasteiger charge is 2.39. The van der Waals surface area contributed by atoms with Crippen LogP contribution in [0, 0.1) is 11.3 Å². The molecule has 4 nitrogen and oxygen atoms in total. The molecule has 1 saturated heterocycles. The van der Waals surface area contributed by atoms with Gasteiger partial charge in [0.25, 0.3) is 0 Å². The molecule has 3 atom stereocenters. The normalized spacial score (nSPS) is 35.5. The van der Waals surface area contributed by atoms with E-state index in [9.17, 15) is 5.26 Å². The molecule has 1 saturated carbocycles. The Morgan fingerprint density at radius 2 is 2.26 bits per heavy atom. The molecule has 0 aromatic rings. The topological polar surface area (TPSA) is 48.3 Å². The number of nitrogens with zero attached hydrogens (tertiary/aromatic N) is 2. The standard InChI is InChI=1S/C15H27N3O/c1-3-8-17-15(12-16)7-4-5-13(10-15)18(2)14-6-9-19-11-14/h13-14,17H,3-11H2,1-2H3. The molecule has 0 radical (unpaired) electrons. The Labute approximate surface area is 117 Å². The van der Waals surface area contributed by atoms with Crippen LogP contribution in [0.2, 0.25) is 0 Å². The van der Waals surface area contributed by atoms with Crippen molar-refractivity contribution in [2.45, 2.75) is 63.1 Å². The van der Waals surface area contributed by atoms with Gasteiger partial charge >= 0.3 is 0 Å². The van der Waals surface area contributed by atoms with E-state index in [1.165, 1.54) is 6.42 Å². The number of likely N-dealkylation sites (N-methyl/N-ethyl adjacent to an activating group) is 1. The lowest BCUT2D eigenvalue weighted by Gasteiger charge is -2.42. The van der Waals surface area contributed by atoms with Crippen LogP contribution in [-0.4, -0.2) is 49.3 Å².